The number of hydrogen-bond acceptors (Lipinski definition) is 12. The number of amides is 1. The van der Waals surface area contributed by atoms with E-state index in [2.05, 4.69) is 97.5 Å². The Balaban J connectivity index is 0.00000331. The fraction of sp³-hybridized carbons (Fsp3) is 0.561. The highest BCUT2D eigenvalue weighted by Gasteiger charge is 2.38. The van der Waals surface area contributed by atoms with E-state index in [-0.39, 0.29) is 26.2 Å². The van der Waals surface area contributed by atoms with Crippen LogP contribution in [0.15, 0.2) is 39.4 Å². The van der Waals surface area contributed by atoms with Crippen LogP contribution in [0.3, 0.4) is 0 Å². The van der Waals surface area contributed by atoms with E-state index in [1.807, 2.05) is 13.8 Å². The quantitative estimate of drug-likeness (QED) is 0.0663. The third-order valence-corrected chi connectivity index (χ3v) is 16.8. The van der Waals surface area contributed by atoms with Crippen molar-refractivity contribution in [2.75, 3.05) is 7.05 Å². The van der Waals surface area contributed by atoms with Gasteiger partial charge in [-0.15, -0.1) is 0 Å². The number of aliphatic imine (C=N–C) groups is 1. The Morgan fingerprint density at radius 1 is 0.945 bits per heavy atom. The van der Waals surface area contributed by atoms with Gasteiger partial charge in [0, 0.05) is 36.1 Å². The monoisotopic (exact) mass is 889 g/mol. The van der Waals surface area contributed by atoms with E-state index in [9.17, 15) is 10.1 Å². The first-order chi connectivity index (χ1) is 25.6. The molecule has 0 saturated heterocycles. The van der Waals surface area contributed by atoms with Gasteiger partial charge in [0.15, 0.2) is 4.77 Å². The first-order valence-corrected chi connectivity index (χ1v) is 24.4. The number of nitriles is 1. The molecule has 6 nitrogen and oxygen atoms in total. The third kappa shape index (κ3) is 11.3. The molecular formula is C41H55N5OS8. The molecule has 2 N–H and O–H groups in total. The zero-order valence-corrected chi connectivity index (χ0v) is 41.2. The molecule has 3 aliphatic rings. The van der Waals surface area contributed by atoms with Crippen molar-refractivity contribution in [1.29, 1.82) is 5.26 Å². The van der Waals surface area contributed by atoms with Gasteiger partial charge in [0.1, 0.15) is 16.1 Å². The van der Waals surface area contributed by atoms with E-state index in [4.69, 9.17) is 29.4 Å². The number of fused-ring (bicyclic) bond motifs is 2. The molecule has 1 aromatic heterocycles. The number of benzene rings is 1. The van der Waals surface area contributed by atoms with Gasteiger partial charge < -0.3 is 10.3 Å². The maximum atomic E-state index is 13.8. The summed E-state index contributed by atoms with van der Waals surface area (Å²) in [5.41, 5.74) is 5.12. The van der Waals surface area contributed by atoms with Crippen molar-refractivity contribution >= 4 is 121 Å². The summed E-state index contributed by atoms with van der Waals surface area (Å²) in [7, 11) is 1.74. The van der Waals surface area contributed by atoms with Crippen LogP contribution in [0.4, 0.5) is 0 Å². The molecular weight excluding hydrogens is 835 g/mol. The minimum Gasteiger partial charge on any atom is -0.330 e. The molecule has 298 valence electrons. The number of nitrogens with one attached hydrogen (secondary N) is 2. The molecule has 1 aliphatic carbocycles. The van der Waals surface area contributed by atoms with Gasteiger partial charge in [-0.25, -0.2) is 4.98 Å². The number of rotatable bonds is 8. The lowest BCUT2D eigenvalue weighted by atomic mass is 9.86. The maximum absolute atomic E-state index is 13.8. The van der Waals surface area contributed by atoms with Crippen LogP contribution in [0.2, 0.25) is 0 Å². The van der Waals surface area contributed by atoms with E-state index in [1.165, 1.54) is 29.2 Å². The van der Waals surface area contributed by atoms with Crippen LogP contribution in [-0.4, -0.2) is 43.0 Å². The zero-order valence-electron chi connectivity index (χ0n) is 34.6. The number of carbonyl (C=O) groups is 1. The minimum absolute atomic E-state index is 0.0786. The van der Waals surface area contributed by atoms with E-state index >= 15 is 0 Å². The van der Waals surface area contributed by atoms with Gasteiger partial charge in [-0.05, 0) is 73.2 Å². The van der Waals surface area contributed by atoms with Gasteiger partial charge in [0.05, 0.1) is 35.7 Å². The van der Waals surface area contributed by atoms with Crippen LogP contribution in [0, 0.1) is 33.9 Å². The van der Waals surface area contributed by atoms with Crippen molar-refractivity contribution in [2.24, 2.45) is 15.8 Å². The fourth-order valence-electron chi connectivity index (χ4n) is 7.28. The molecule has 0 unspecified atom stereocenters. The van der Waals surface area contributed by atoms with Gasteiger partial charge >= 0.3 is 0 Å². The molecule has 1 amide bonds. The molecule has 14 heteroatoms. The zero-order chi connectivity index (χ0) is 41.3. The Hall–Kier alpha value is -1.18. The number of hydrogen-bond donors (Lipinski definition) is 2. The SMILES string of the molecule is CC.CN=C(SC(C)(C)CC(C)(C)C)/C(C(=O)NC=S)=C1\Sc2c(C)c3c(c(C#N)c2S1)S/C(=c1\c(SC(C)(C)CC(C)(C)C)nc(=S)[nH]c1=C1CCC1)S3. The molecule has 3 heterocycles. The maximum Gasteiger partial charge on any atom is 0.260 e. The first-order valence-electron chi connectivity index (χ1n) is 18.6. The van der Waals surface area contributed by atoms with Crippen LogP contribution in [-0.2, 0) is 4.79 Å². The summed E-state index contributed by atoms with van der Waals surface area (Å²) in [6.07, 6.45) is 5.19. The van der Waals surface area contributed by atoms with E-state index in [0.29, 0.717) is 21.0 Å². The second-order valence-corrected chi connectivity index (χ2v) is 25.8. The summed E-state index contributed by atoms with van der Waals surface area (Å²) in [6, 6.07) is 2.58. The lowest BCUT2D eigenvalue weighted by molar-refractivity contribution is -0.115. The van der Waals surface area contributed by atoms with Gasteiger partial charge in [-0.1, -0.05) is 166 Å². The molecule has 2 aliphatic heterocycles. The summed E-state index contributed by atoms with van der Waals surface area (Å²) < 4.78 is 2.17. The molecule has 0 atom stereocenters. The number of thiocarbonyl (C=S) groups is 1. The predicted octanol–water partition coefficient (Wildman–Crippen LogP) is 12.4. The largest absolute Gasteiger partial charge is 0.330 e. The van der Waals surface area contributed by atoms with Crippen LogP contribution in [0.1, 0.15) is 126 Å². The normalized spacial score (nSPS) is 17.8. The first kappa shape index (κ1) is 46.5. The summed E-state index contributed by atoms with van der Waals surface area (Å²) in [6.45, 7) is 28.6. The number of thioether (sulfide) groups is 6. The molecule has 0 spiro atoms. The predicted molar refractivity (Wildman–Crippen MR) is 252 cm³/mol. The van der Waals surface area contributed by atoms with Gasteiger partial charge in [0.2, 0.25) is 0 Å². The Morgan fingerprint density at radius 3 is 2.02 bits per heavy atom. The second-order valence-electron chi connectivity index (χ2n) is 17.2. The lowest BCUT2D eigenvalue weighted by Gasteiger charge is -2.32. The Bertz CT molecular complexity index is 2160. The van der Waals surface area contributed by atoms with Crippen LogP contribution >= 0.6 is 95.0 Å². The van der Waals surface area contributed by atoms with Gasteiger partial charge in [-0.3, -0.25) is 9.79 Å². The highest BCUT2D eigenvalue weighted by Crippen LogP contribution is 2.63. The molecule has 55 heavy (non-hydrogen) atoms. The number of carbonyl (C=O) groups excluding carboxylic acids is 1. The Labute approximate surface area is 365 Å². The van der Waals surface area contributed by atoms with E-state index in [0.717, 1.165) is 74.9 Å². The Kier molecular flexibility index (Phi) is 15.6. The topological polar surface area (TPSA) is 93.9 Å². The minimum atomic E-state index is -0.292. The molecule has 1 aromatic carbocycles. The van der Waals surface area contributed by atoms with Crippen molar-refractivity contribution in [1.82, 2.24) is 15.3 Å². The van der Waals surface area contributed by atoms with Crippen LogP contribution < -0.4 is 15.9 Å². The van der Waals surface area contributed by atoms with Crippen LogP contribution in [0.25, 0.3) is 9.81 Å². The van der Waals surface area contributed by atoms with Gasteiger partial charge in [0.25, 0.3) is 5.91 Å². The fourth-order valence-corrected chi connectivity index (χ4v) is 16.6. The average molecular weight is 890 g/mol. The highest BCUT2D eigenvalue weighted by atomic mass is 32.2. The summed E-state index contributed by atoms with van der Waals surface area (Å²) >= 11 is 20.7. The summed E-state index contributed by atoms with van der Waals surface area (Å²) in [5, 5.41) is 17.4. The Morgan fingerprint density at radius 2 is 1.49 bits per heavy atom. The number of aromatic nitrogens is 2. The second kappa shape index (κ2) is 18.4. The summed E-state index contributed by atoms with van der Waals surface area (Å²) in [4.78, 5) is 30.8. The number of nitrogens with zero attached hydrogens (tertiary/aromatic N) is 3. The molecule has 1 saturated carbocycles. The molecule has 5 rings (SSSR count). The lowest BCUT2D eigenvalue weighted by Crippen LogP contribution is -2.37. The van der Waals surface area contributed by atoms with Crippen molar-refractivity contribution < 1.29 is 4.79 Å². The molecule has 1 fully saturated rings. The van der Waals surface area contributed by atoms with Crippen LogP contribution in [0.5, 0.6) is 0 Å². The van der Waals surface area contributed by atoms with E-state index in [1.54, 1.807) is 65.9 Å². The third-order valence-electron chi connectivity index (χ3n) is 8.55. The van der Waals surface area contributed by atoms with E-state index < -0.39 is 0 Å². The molecule has 0 bridgehead atoms. The molecule has 0 radical (unpaired) electrons. The molecule has 2 aromatic rings. The smallest absolute Gasteiger partial charge is 0.260 e. The number of aromatic amines is 1. The van der Waals surface area contributed by atoms with Crippen molar-refractivity contribution in [3.05, 3.63) is 36.3 Å². The van der Waals surface area contributed by atoms with Gasteiger partial charge in [-0.2, -0.15) is 5.26 Å². The standard InChI is InChI=1S/C39H49N5OS8.C2H6/c1-20-26-28(50-33(48-26)23-25(21-14-13-15-21)43-35(47)44-32(23)53-39(10,11)18-37(5,6)7)22(16-40)29-27(20)49-34(51-29)24(30(45)42-19-46)31(41-12)52-38(8,9)17-36(2,3)4;1-2/h19H,13-15,17-18H2,1-12H3,(H,43,47)(H,42,45,46);1-2H3/b33-23-,34-24+,41-31?;. The van der Waals surface area contributed by atoms with Crippen molar-refractivity contribution in [2.45, 2.75) is 156 Å². The van der Waals surface area contributed by atoms with Crippen molar-refractivity contribution in [3.63, 3.8) is 0 Å². The highest BCUT2D eigenvalue weighted by molar-refractivity contribution is 8.32. The average Bonchev–Trinajstić information content (AvgIpc) is 3.64. The summed E-state index contributed by atoms with van der Waals surface area (Å²) in [5.74, 6) is -0.292. The van der Waals surface area contributed by atoms with Crippen molar-refractivity contribution in [3.8, 4) is 6.07 Å². The number of H-pyrrole nitrogens is 1.